The molecule has 0 aromatic carbocycles. The SMILES string of the molecule is C=CCN(CCC)c1ccncc1C(=O)O. The van der Waals surface area contributed by atoms with E-state index in [1.165, 1.54) is 6.20 Å². The molecule has 16 heavy (non-hydrogen) atoms. The predicted molar refractivity (Wildman–Crippen MR) is 63.9 cm³/mol. The predicted octanol–water partition coefficient (Wildman–Crippen LogP) is 2.18. The normalized spacial score (nSPS) is 9.81. The van der Waals surface area contributed by atoms with Crippen LogP contribution < -0.4 is 4.90 Å². The quantitative estimate of drug-likeness (QED) is 0.746. The molecule has 0 saturated heterocycles. The van der Waals surface area contributed by atoms with Crippen LogP contribution in [0.4, 0.5) is 5.69 Å². The molecule has 1 aromatic rings. The van der Waals surface area contributed by atoms with Gasteiger partial charge in [-0.25, -0.2) is 4.79 Å². The lowest BCUT2D eigenvalue weighted by atomic mass is 10.2. The third-order valence-corrected chi connectivity index (χ3v) is 2.21. The van der Waals surface area contributed by atoms with Gasteiger partial charge in [-0.1, -0.05) is 13.0 Å². The van der Waals surface area contributed by atoms with E-state index in [0.717, 1.165) is 13.0 Å². The van der Waals surface area contributed by atoms with Crippen LogP contribution in [0.25, 0.3) is 0 Å². The van der Waals surface area contributed by atoms with Crippen LogP contribution in [-0.2, 0) is 0 Å². The molecule has 0 amide bonds. The maximum atomic E-state index is 11.0. The van der Waals surface area contributed by atoms with Crippen molar-refractivity contribution in [3.63, 3.8) is 0 Å². The van der Waals surface area contributed by atoms with Crippen LogP contribution in [0.15, 0.2) is 31.1 Å². The van der Waals surface area contributed by atoms with E-state index in [2.05, 4.69) is 18.5 Å². The smallest absolute Gasteiger partial charge is 0.339 e. The van der Waals surface area contributed by atoms with Crippen LogP contribution in [-0.4, -0.2) is 29.1 Å². The summed E-state index contributed by atoms with van der Waals surface area (Å²) >= 11 is 0. The molecular weight excluding hydrogens is 204 g/mol. The van der Waals surface area contributed by atoms with Crippen LogP contribution >= 0.6 is 0 Å². The molecule has 0 fully saturated rings. The van der Waals surface area contributed by atoms with Crippen LogP contribution in [0, 0.1) is 0 Å². The lowest BCUT2D eigenvalue weighted by molar-refractivity contribution is 0.0697. The van der Waals surface area contributed by atoms with Crippen LogP contribution in [0.2, 0.25) is 0 Å². The van der Waals surface area contributed by atoms with Crippen molar-refractivity contribution < 1.29 is 9.90 Å². The zero-order valence-electron chi connectivity index (χ0n) is 9.39. The molecule has 4 nitrogen and oxygen atoms in total. The molecule has 1 N–H and O–H groups in total. The Morgan fingerprint density at radius 3 is 3.00 bits per heavy atom. The van der Waals surface area contributed by atoms with Crippen LogP contribution in [0.3, 0.4) is 0 Å². The number of nitrogens with zero attached hydrogens (tertiary/aromatic N) is 2. The molecule has 0 unspecified atom stereocenters. The maximum Gasteiger partial charge on any atom is 0.339 e. The molecule has 0 saturated carbocycles. The van der Waals surface area contributed by atoms with Crippen molar-refractivity contribution in [2.24, 2.45) is 0 Å². The Morgan fingerprint density at radius 2 is 2.44 bits per heavy atom. The lowest BCUT2D eigenvalue weighted by Crippen LogP contribution is -2.26. The number of hydrogen-bond acceptors (Lipinski definition) is 3. The maximum absolute atomic E-state index is 11.0. The Balaban J connectivity index is 3.06. The van der Waals surface area contributed by atoms with E-state index in [9.17, 15) is 4.79 Å². The van der Waals surface area contributed by atoms with E-state index < -0.39 is 5.97 Å². The molecule has 86 valence electrons. The number of carbonyl (C=O) groups is 1. The highest BCUT2D eigenvalue weighted by molar-refractivity contribution is 5.94. The molecule has 0 aliphatic rings. The first-order valence-corrected chi connectivity index (χ1v) is 5.23. The summed E-state index contributed by atoms with van der Waals surface area (Å²) in [5, 5.41) is 9.06. The van der Waals surface area contributed by atoms with E-state index in [1.54, 1.807) is 18.3 Å². The summed E-state index contributed by atoms with van der Waals surface area (Å²) < 4.78 is 0. The Labute approximate surface area is 95.2 Å². The Kier molecular flexibility index (Phi) is 4.51. The van der Waals surface area contributed by atoms with Gasteiger partial charge in [0.15, 0.2) is 0 Å². The fourth-order valence-corrected chi connectivity index (χ4v) is 1.56. The molecular formula is C12H16N2O2. The van der Waals surface area contributed by atoms with Gasteiger partial charge in [0.2, 0.25) is 0 Å². The second-order valence-corrected chi connectivity index (χ2v) is 3.43. The average Bonchev–Trinajstić information content (AvgIpc) is 2.29. The molecule has 0 aliphatic carbocycles. The molecule has 4 heteroatoms. The fourth-order valence-electron chi connectivity index (χ4n) is 1.56. The summed E-state index contributed by atoms with van der Waals surface area (Å²) in [4.78, 5) is 16.9. The first kappa shape index (κ1) is 12.2. The van der Waals surface area contributed by atoms with Crippen molar-refractivity contribution in [3.8, 4) is 0 Å². The molecule has 0 bridgehead atoms. The van der Waals surface area contributed by atoms with Crippen molar-refractivity contribution in [1.29, 1.82) is 0 Å². The molecule has 0 radical (unpaired) electrons. The van der Waals surface area contributed by atoms with Crippen LogP contribution in [0.5, 0.6) is 0 Å². The second kappa shape index (κ2) is 5.90. The van der Waals surface area contributed by atoms with E-state index in [0.29, 0.717) is 12.2 Å². The van der Waals surface area contributed by atoms with E-state index in [4.69, 9.17) is 5.11 Å². The first-order chi connectivity index (χ1) is 7.70. The number of anilines is 1. The molecule has 0 aliphatic heterocycles. The number of carboxylic acid groups (broad SMARTS) is 1. The van der Waals surface area contributed by atoms with Crippen molar-refractivity contribution in [2.45, 2.75) is 13.3 Å². The van der Waals surface area contributed by atoms with Crippen LogP contribution in [0.1, 0.15) is 23.7 Å². The van der Waals surface area contributed by atoms with E-state index in [1.807, 2.05) is 4.90 Å². The summed E-state index contributed by atoms with van der Waals surface area (Å²) in [7, 11) is 0. The standard InChI is InChI=1S/C12H16N2O2/c1-3-7-14(8-4-2)11-5-6-13-9-10(11)12(15)16/h3,5-6,9H,1,4,7-8H2,2H3,(H,15,16). The van der Waals surface area contributed by atoms with Crippen molar-refractivity contribution in [1.82, 2.24) is 4.98 Å². The van der Waals surface area contributed by atoms with Crippen molar-refractivity contribution in [2.75, 3.05) is 18.0 Å². The van der Waals surface area contributed by atoms with Gasteiger partial charge in [-0.15, -0.1) is 6.58 Å². The minimum Gasteiger partial charge on any atom is -0.478 e. The monoisotopic (exact) mass is 220 g/mol. The van der Waals surface area contributed by atoms with E-state index in [-0.39, 0.29) is 5.56 Å². The van der Waals surface area contributed by atoms with Gasteiger partial charge in [0, 0.05) is 25.5 Å². The largest absolute Gasteiger partial charge is 0.478 e. The highest BCUT2D eigenvalue weighted by atomic mass is 16.4. The molecule has 1 rings (SSSR count). The number of aromatic nitrogens is 1. The Bertz CT molecular complexity index is 377. The summed E-state index contributed by atoms with van der Waals surface area (Å²) in [5.41, 5.74) is 0.932. The average molecular weight is 220 g/mol. The van der Waals surface area contributed by atoms with Gasteiger partial charge in [0.25, 0.3) is 0 Å². The third-order valence-electron chi connectivity index (χ3n) is 2.21. The molecule has 0 atom stereocenters. The van der Waals surface area contributed by atoms with E-state index >= 15 is 0 Å². The van der Waals surface area contributed by atoms with Gasteiger partial charge in [-0.2, -0.15) is 0 Å². The van der Waals surface area contributed by atoms with Gasteiger partial charge < -0.3 is 10.0 Å². The van der Waals surface area contributed by atoms with Crippen molar-refractivity contribution in [3.05, 3.63) is 36.7 Å². The minimum absolute atomic E-state index is 0.234. The highest BCUT2D eigenvalue weighted by Gasteiger charge is 2.14. The Morgan fingerprint density at radius 1 is 1.69 bits per heavy atom. The Hall–Kier alpha value is -1.84. The van der Waals surface area contributed by atoms with Crippen molar-refractivity contribution >= 4 is 11.7 Å². The molecule has 1 aromatic heterocycles. The lowest BCUT2D eigenvalue weighted by Gasteiger charge is -2.23. The fraction of sp³-hybridized carbons (Fsp3) is 0.333. The summed E-state index contributed by atoms with van der Waals surface area (Å²) in [6.07, 6.45) is 5.70. The second-order valence-electron chi connectivity index (χ2n) is 3.43. The highest BCUT2D eigenvalue weighted by Crippen LogP contribution is 2.19. The minimum atomic E-state index is -0.951. The number of hydrogen-bond donors (Lipinski definition) is 1. The number of pyridine rings is 1. The van der Waals surface area contributed by atoms with Gasteiger partial charge in [-0.05, 0) is 12.5 Å². The molecule has 0 spiro atoms. The zero-order valence-corrected chi connectivity index (χ0v) is 9.39. The molecule has 1 heterocycles. The van der Waals surface area contributed by atoms with Gasteiger partial charge in [0.1, 0.15) is 5.56 Å². The number of rotatable bonds is 6. The summed E-state index contributed by atoms with van der Waals surface area (Å²) in [5.74, 6) is -0.951. The number of carboxylic acids is 1. The summed E-state index contributed by atoms with van der Waals surface area (Å²) in [6, 6.07) is 1.72. The number of aromatic carboxylic acids is 1. The first-order valence-electron chi connectivity index (χ1n) is 5.23. The van der Waals surface area contributed by atoms with Gasteiger partial charge in [0.05, 0.1) is 5.69 Å². The van der Waals surface area contributed by atoms with Gasteiger partial charge in [-0.3, -0.25) is 4.98 Å². The third kappa shape index (κ3) is 2.82. The summed E-state index contributed by atoms with van der Waals surface area (Å²) in [6.45, 7) is 7.17. The topological polar surface area (TPSA) is 53.4 Å². The van der Waals surface area contributed by atoms with Gasteiger partial charge >= 0.3 is 5.97 Å². The zero-order chi connectivity index (χ0) is 12.0.